The van der Waals surface area contributed by atoms with Crippen LogP contribution in [0.4, 0.5) is 5.69 Å². The Labute approximate surface area is 202 Å². The summed E-state index contributed by atoms with van der Waals surface area (Å²) in [7, 11) is 0. The molecule has 0 bridgehead atoms. The second-order valence-corrected chi connectivity index (χ2v) is 7.76. The quantitative estimate of drug-likeness (QED) is 0.261. The van der Waals surface area contributed by atoms with Crippen molar-refractivity contribution in [2.45, 2.75) is 25.3 Å². The Morgan fingerprint density at radius 3 is 2.09 bits per heavy atom. The first-order valence-corrected chi connectivity index (χ1v) is 11.0. The first-order valence-electron chi connectivity index (χ1n) is 11.0. The number of nitrogens with two attached hydrogens (primary N) is 1. The molecule has 9 nitrogen and oxygen atoms in total. The number of nitrogens with one attached hydrogen (secondary N) is 1. The van der Waals surface area contributed by atoms with Crippen LogP contribution in [0.15, 0.2) is 78.9 Å². The van der Waals surface area contributed by atoms with Gasteiger partial charge in [-0.05, 0) is 35.7 Å². The Bertz CT molecular complexity index is 1190. The van der Waals surface area contributed by atoms with E-state index in [9.17, 15) is 24.5 Å². The number of benzene rings is 3. The minimum absolute atomic E-state index is 0.132. The van der Waals surface area contributed by atoms with Crippen LogP contribution in [0, 0.1) is 10.1 Å². The number of amides is 2. The van der Waals surface area contributed by atoms with Crippen molar-refractivity contribution in [3.63, 3.8) is 0 Å². The van der Waals surface area contributed by atoms with Crippen LogP contribution < -0.4 is 11.1 Å². The van der Waals surface area contributed by atoms with Gasteiger partial charge in [0.2, 0.25) is 5.91 Å². The highest BCUT2D eigenvalue weighted by Crippen LogP contribution is 2.27. The third-order valence-electron chi connectivity index (χ3n) is 5.47. The van der Waals surface area contributed by atoms with Crippen molar-refractivity contribution in [3.05, 3.63) is 100 Å². The van der Waals surface area contributed by atoms with E-state index in [4.69, 9.17) is 10.5 Å². The third-order valence-corrected chi connectivity index (χ3v) is 5.47. The van der Waals surface area contributed by atoms with Gasteiger partial charge in [0.05, 0.1) is 18.0 Å². The maximum absolute atomic E-state index is 13.0. The van der Waals surface area contributed by atoms with Gasteiger partial charge in [-0.25, -0.2) is 0 Å². The van der Waals surface area contributed by atoms with Crippen LogP contribution in [0.1, 0.15) is 35.2 Å². The normalized spacial score (nSPS) is 12.3. The van der Waals surface area contributed by atoms with Crippen molar-refractivity contribution in [1.82, 2.24) is 5.32 Å². The number of carbonyl (C=O) groups is 3. The van der Waals surface area contributed by atoms with E-state index in [2.05, 4.69) is 5.32 Å². The largest absolute Gasteiger partial charge is 0.466 e. The van der Waals surface area contributed by atoms with E-state index in [1.807, 2.05) is 30.3 Å². The first-order chi connectivity index (χ1) is 16.8. The molecule has 0 radical (unpaired) electrons. The zero-order chi connectivity index (χ0) is 25.4. The van der Waals surface area contributed by atoms with E-state index in [0.717, 1.165) is 11.1 Å². The lowest BCUT2D eigenvalue weighted by Crippen LogP contribution is -2.48. The molecule has 35 heavy (non-hydrogen) atoms. The molecule has 3 aromatic carbocycles. The molecule has 0 heterocycles. The standard InChI is InChI=1S/C26H25N3O6/c1-2-35-23(30)16-22(19-12-14-21(15-13-19)29(33)34)24(25(27)31)28-26(32)20-10-8-18(9-11-20)17-6-4-3-5-7-17/h3-15,22,24H,2,16H2,1H3,(H2,27,31)(H,28,32)/t22-,24-/m0/s1. The van der Waals surface area contributed by atoms with E-state index in [0.29, 0.717) is 11.1 Å². The molecular weight excluding hydrogens is 450 g/mol. The average molecular weight is 476 g/mol. The maximum atomic E-state index is 13.0. The van der Waals surface area contributed by atoms with Crippen LogP contribution >= 0.6 is 0 Å². The Balaban J connectivity index is 1.86. The number of hydrogen-bond donors (Lipinski definition) is 2. The molecule has 2 amide bonds. The van der Waals surface area contributed by atoms with Crippen molar-refractivity contribution in [3.8, 4) is 11.1 Å². The second kappa shape index (κ2) is 11.6. The van der Waals surface area contributed by atoms with Gasteiger partial charge in [-0.3, -0.25) is 24.5 Å². The molecule has 0 saturated heterocycles. The van der Waals surface area contributed by atoms with Crippen LogP contribution in [0.2, 0.25) is 0 Å². The van der Waals surface area contributed by atoms with Gasteiger partial charge in [0, 0.05) is 23.6 Å². The van der Waals surface area contributed by atoms with E-state index in [1.54, 1.807) is 31.2 Å². The highest BCUT2D eigenvalue weighted by Gasteiger charge is 2.32. The van der Waals surface area contributed by atoms with E-state index in [-0.39, 0.29) is 18.7 Å². The van der Waals surface area contributed by atoms with E-state index >= 15 is 0 Å². The van der Waals surface area contributed by atoms with Crippen LogP contribution in [0.3, 0.4) is 0 Å². The maximum Gasteiger partial charge on any atom is 0.306 e. The van der Waals surface area contributed by atoms with Gasteiger partial charge in [0.25, 0.3) is 11.6 Å². The van der Waals surface area contributed by atoms with Crippen LogP contribution in [0.25, 0.3) is 11.1 Å². The highest BCUT2D eigenvalue weighted by atomic mass is 16.6. The Hall–Kier alpha value is -4.53. The number of hydrogen-bond acceptors (Lipinski definition) is 6. The van der Waals surface area contributed by atoms with Crippen LogP contribution in [-0.2, 0) is 14.3 Å². The lowest BCUT2D eigenvalue weighted by atomic mass is 9.87. The predicted molar refractivity (Wildman–Crippen MR) is 129 cm³/mol. The fourth-order valence-corrected chi connectivity index (χ4v) is 3.71. The van der Waals surface area contributed by atoms with Gasteiger partial charge < -0.3 is 15.8 Å². The number of ether oxygens (including phenoxy) is 1. The Morgan fingerprint density at radius 2 is 1.54 bits per heavy atom. The molecule has 0 spiro atoms. The molecule has 0 aromatic heterocycles. The molecule has 3 aromatic rings. The molecule has 0 aliphatic rings. The zero-order valence-corrected chi connectivity index (χ0v) is 19.0. The van der Waals surface area contributed by atoms with Gasteiger partial charge in [0.15, 0.2) is 0 Å². The fourth-order valence-electron chi connectivity index (χ4n) is 3.71. The molecule has 0 saturated carbocycles. The van der Waals surface area contributed by atoms with Gasteiger partial charge in [-0.2, -0.15) is 0 Å². The fraction of sp³-hybridized carbons (Fsp3) is 0.192. The number of rotatable bonds is 10. The number of esters is 1. The number of nitro groups is 1. The smallest absolute Gasteiger partial charge is 0.306 e. The summed E-state index contributed by atoms with van der Waals surface area (Å²) in [6.07, 6.45) is -0.257. The molecule has 2 atom stereocenters. The minimum Gasteiger partial charge on any atom is -0.466 e. The van der Waals surface area contributed by atoms with Crippen LogP contribution in [0.5, 0.6) is 0 Å². The highest BCUT2D eigenvalue weighted by molar-refractivity contribution is 5.98. The second-order valence-electron chi connectivity index (χ2n) is 7.76. The molecule has 3 N–H and O–H groups in total. The molecular formula is C26H25N3O6. The molecule has 0 unspecified atom stereocenters. The molecule has 180 valence electrons. The number of primary amides is 1. The van der Waals surface area contributed by atoms with Crippen molar-refractivity contribution in [2.24, 2.45) is 5.73 Å². The van der Waals surface area contributed by atoms with Crippen molar-refractivity contribution in [2.75, 3.05) is 6.61 Å². The Kier molecular flexibility index (Phi) is 8.29. The van der Waals surface area contributed by atoms with Gasteiger partial charge in [-0.15, -0.1) is 0 Å². The van der Waals surface area contributed by atoms with Crippen molar-refractivity contribution >= 4 is 23.5 Å². The third kappa shape index (κ3) is 6.50. The Morgan fingerprint density at radius 1 is 0.943 bits per heavy atom. The summed E-state index contributed by atoms with van der Waals surface area (Å²) in [5.74, 6) is -2.89. The monoisotopic (exact) mass is 475 g/mol. The van der Waals surface area contributed by atoms with Crippen molar-refractivity contribution in [1.29, 1.82) is 0 Å². The molecule has 0 aliphatic carbocycles. The van der Waals surface area contributed by atoms with E-state index in [1.165, 1.54) is 24.3 Å². The lowest BCUT2D eigenvalue weighted by molar-refractivity contribution is -0.384. The lowest BCUT2D eigenvalue weighted by Gasteiger charge is -2.25. The summed E-state index contributed by atoms with van der Waals surface area (Å²) < 4.78 is 5.02. The number of carbonyl (C=O) groups excluding carboxylic acids is 3. The number of nitrogens with zero attached hydrogens (tertiary/aromatic N) is 1. The summed E-state index contributed by atoms with van der Waals surface area (Å²) >= 11 is 0. The molecule has 3 rings (SSSR count). The summed E-state index contributed by atoms with van der Waals surface area (Å²) in [5.41, 5.74) is 8.09. The average Bonchev–Trinajstić information content (AvgIpc) is 2.86. The predicted octanol–water partition coefficient (Wildman–Crippen LogP) is 3.58. The van der Waals surface area contributed by atoms with Crippen molar-refractivity contribution < 1.29 is 24.0 Å². The van der Waals surface area contributed by atoms with Gasteiger partial charge in [0.1, 0.15) is 6.04 Å². The summed E-state index contributed by atoms with van der Waals surface area (Å²) in [6.45, 7) is 1.78. The van der Waals surface area contributed by atoms with E-state index < -0.39 is 34.7 Å². The zero-order valence-electron chi connectivity index (χ0n) is 19.0. The topological polar surface area (TPSA) is 142 Å². The SMILES string of the molecule is CCOC(=O)C[C@@H](c1ccc([N+](=O)[O-])cc1)[C@H](NC(=O)c1ccc(-c2ccccc2)cc1)C(N)=O. The molecule has 0 fully saturated rings. The molecule has 9 heteroatoms. The van der Waals surface area contributed by atoms with Gasteiger partial charge >= 0.3 is 5.97 Å². The minimum atomic E-state index is -1.26. The van der Waals surface area contributed by atoms with Gasteiger partial charge in [-0.1, -0.05) is 54.6 Å². The number of nitro benzene ring substituents is 1. The summed E-state index contributed by atoms with van der Waals surface area (Å²) in [4.78, 5) is 48.1. The summed E-state index contributed by atoms with van der Waals surface area (Å²) in [6, 6.07) is 20.6. The summed E-state index contributed by atoms with van der Waals surface area (Å²) in [5, 5.41) is 13.6. The number of non-ortho nitro benzene ring substituents is 1. The van der Waals surface area contributed by atoms with Crippen LogP contribution in [-0.4, -0.2) is 35.4 Å². The first kappa shape index (κ1) is 25.1. The molecule has 0 aliphatic heterocycles.